The molecule has 6 rings (SSSR count). The van der Waals surface area contributed by atoms with Gasteiger partial charge in [0.1, 0.15) is 6.67 Å². The van der Waals surface area contributed by atoms with E-state index in [0.717, 1.165) is 11.3 Å². The van der Waals surface area contributed by atoms with Gasteiger partial charge in [0, 0.05) is 10.7 Å². The normalized spacial score (nSPS) is 34.3. The van der Waals surface area contributed by atoms with Crippen LogP contribution in [0.1, 0.15) is 6.42 Å². The second-order valence-electron chi connectivity index (χ2n) is 8.11. The molecule has 9 heteroatoms. The zero-order valence-corrected chi connectivity index (χ0v) is 15.7. The molecule has 0 unspecified atom stereocenters. The van der Waals surface area contributed by atoms with Gasteiger partial charge in [-0.2, -0.15) is 13.2 Å². The summed E-state index contributed by atoms with van der Waals surface area (Å²) in [6, 6.07) is 5.20. The van der Waals surface area contributed by atoms with Gasteiger partial charge in [-0.05, 0) is 54.4 Å². The maximum atomic E-state index is 13.2. The number of likely N-dealkylation sites (tertiary alicyclic amines) is 1. The van der Waals surface area contributed by atoms with E-state index in [4.69, 9.17) is 11.6 Å². The lowest BCUT2D eigenvalue weighted by Crippen LogP contribution is -2.49. The lowest BCUT2D eigenvalue weighted by Gasteiger charge is -2.37. The van der Waals surface area contributed by atoms with E-state index >= 15 is 0 Å². The average molecular weight is 425 g/mol. The van der Waals surface area contributed by atoms with Crippen molar-refractivity contribution in [1.29, 1.82) is 0 Å². The molecular weight excluding hydrogens is 409 g/mol. The molecule has 152 valence electrons. The number of rotatable bonds is 3. The van der Waals surface area contributed by atoms with Gasteiger partial charge in [0.25, 0.3) is 0 Å². The number of anilines is 1. The van der Waals surface area contributed by atoms with Gasteiger partial charge in [-0.3, -0.25) is 24.2 Å². The molecular formula is C20H16ClF3N2O3. The number of allylic oxidation sites excluding steroid dienone is 2. The van der Waals surface area contributed by atoms with E-state index in [1.54, 1.807) is 0 Å². The average Bonchev–Trinajstić information content (AvgIpc) is 3.46. The van der Waals surface area contributed by atoms with E-state index in [1.807, 2.05) is 12.2 Å². The van der Waals surface area contributed by atoms with E-state index in [1.165, 1.54) is 24.3 Å². The summed E-state index contributed by atoms with van der Waals surface area (Å²) in [6.07, 6.45) is -0.210. The van der Waals surface area contributed by atoms with Crippen LogP contribution in [0.2, 0.25) is 5.02 Å². The maximum Gasteiger partial charge on any atom is 0.471 e. The maximum absolute atomic E-state index is 13.2. The lowest BCUT2D eigenvalue weighted by atomic mass is 9.63. The Morgan fingerprint density at radius 1 is 1.03 bits per heavy atom. The molecule has 2 saturated carbocycles. The minimum Gasteiger partial charge on any atom is -0.286 e. The number of amides is 3. The number of hydrogen-bond donors (Lipinski definition) is 0. The number of hydrogen-bond acceptors (Lipinski definition) is 3. The van der Waals surface area contributed by atoms with E-state index in [2.05, 4.69) is 0 Å². The highest BCUT2D eigenvalue weighted by Crippen LogP contribution is 2.65. The minimum absolute atomic E-state index is 0.0428. The SMILES string of the molecule is O=C1[C@@H]2[C@H]3C=C[C@H]([C@H]4C[C@H]34)[C@@H]2C(=O)N1CN(C(=O)C(F)(F)F)c1ccc(Cl)cc1. The Labute approximate surface area is 169 Å². The molecule has 5 nitrogen and oxygen atoms in total. The van der Waals surface area contributed by atoms with Crippen molar-refractivity contribution >= 4 is 35.0 Å². The molecule has 5 aliphatic rings. The number of imide groups is 1. The van der Waals surface area contributed by atoms with Crippen LogP contribution >= 0.6 is 11.6 Å². The third-order valence-corrected chi connectivity index (χ3v) is 6.91. The zero-order valence-electron chi connectivity index (χ0n) is 15.0. The van der Waals surface area contributed by atoms with Gasteiger partial charge in [0.2, 0.25) is 11.8 Å². The van der Waals surface area contributed by atoms with E-state index in [0.29, 0.717) is 16.7 Å². The Hall–Kier alpha value is -2.35. The van der Waals surface area contributed by atoms with Crippen LogP contribution in [0, 0.1) is 35.5 Å². The number of carbonyl (C=O) groups excluding carboxylic acids is 3. The van der Waals surface area contributed by atoms with Crippen molar-refractivity contribution in [3.63, 3.8) is 0 Å². The second kappa shape index (κ2) is 6.08. The molecule has 0 aromatic heterocycles. The number of alkyl halides is 3. The van der Waals surface area contributed by atoms with Crippen molar-refractivity contribution in [3.05, 3.63) is 41.4 Å². The van der Waals surface area contributed by atoms with Crippen LogP contribution in [-0.4, -0.2) is 35.5 Å². The van der Waals surface area contributed by atoms with Crippen LogP contribution in [0.25, 0.3) is 0 Å². The standard InChI is InChI=1S/C20H16ClF3N2O3/c21-9-1-3-10(4-2-9)25(19(29)20(22,23)24)8-26-17(27)15-11-5-6-12(14-7-13(11)14)16(15)18(26)28/h1-6,11-16H,7-8H2/t11-,12+,13-,14-,15+,16-/m1/s1. The third kappa shape index (κ3) is 2.72. The van der Waals surface area contributed by atoms with Crippen LogP contribution in [0.3, 0.4) is 0 Å². The molecule has 2 bridgehead atoms. The van der Waals surface area contributed by atoms with Gasteiger partial charge < -0.3 is 0 Å². The monoisotopic (exact) mass is 424 g/mol. The summed E-state index contributed by atoms with van der Waals surface area (Å²) in [5.74, 6) is -3.50. The van der Waals surface area contributed by atoms with E-state index in [9.17, 15) is 27.6 Å². The molecule has 1 aliphatic heterocycles. The van der Waals surface area contributed by atoms with Crippen molar-refractivity contribution < 1.29 is 27.6 Å². The summed E-state index contributed by atoms with van der Waals surface area (Å²) < 4.78 is 39.6. The Balaban J connectivity index is 1.46. The van der Waals surface area contributed by atoms with Crippen LogP contribution in [-0.2, 0) is 14.4 Å². The highest BCUT2D eigenvalue weighted by atomic mass is 35.5. The Morgan fingerprint density at radius 3 is 2.03 bits per heavy atom. The van der Waals surface area contributed by atoms with Crippen LogP contribution in [0.4, 0.5) is 18.9 Å². The number of halogens is 4. The molecule has 29 heavy (non-hydrogen) atoms. The molecule has 0 radical (unpaired) electrons. The summed E-state index contributed by atoms with van der Waals surface area (Å²) in [4.78, 5) is 39.4. The molecule has 3 amide bonds. The predicted molar refractivity (Wildman–Crippen MR) is 96.4 cm³/mol. The largest absolute Gasteiger partial charge is 0.471 e. The van der Waals surface area contributed by atoms with Crippen LogP contribution < -0.4 is 4.90 Å². The van der Waals surface area contributed by atoms with Gasteiger partial charge in [0.15, 0.2) is 0 Å². The van der Waals surface area contributed by atoms with Crippen LogP contribution in [0.15, 0.2) is 36.4 Å². The van der Waals surface area contributed by atoms with Crippen molar-refractivity contribution in [2.24, 2.45) is 35.5 Å². The highest BCUT2D eigenvalue weighted by molar-refractivity contribution is 6.30. The third-order valence-electron chi connectivity index (χ3n) is 6.66. The molecule has 0 spiro atoms. The van der Waals surface area contributed by atoms with Gasteiger partial charge in [-0.1, -0.05) is 23.8 Å². The van der Waals surface area contributed by atoms with Crippen molar-refractivity contribution in [2.75, 3.05) is 11.6 Å². The minimum atomic E-state index is -5.15. The first-order chi connectivity index (χ1) is 13.7. The highest BCUT2D eigenvalue weighted by Gasteiger charge is 2.67. The first-order valence-electron chi connectivity index (χ1n) is 9.36. The molecule has 0 N–H and O–H groups in total. The molecule has 3 fully saturated rings. The van der Waals surface area contributed by atoms with Gasteiger partial charge in [-0.25, -0.2) is 0 Å². The van der Waals surface area contributed by atoms with Gasteiger partial charge >= 0.3 is 12.1 Å². The zero-order chi connectivity index (χ0) is 20.7. The second-order valence-corrected chi connectivity index (χ2v) is 8.54. The fraction of sp³-hybridized carbons (Fsp3) is 0.450. The predicted octanol–water partition coefficient (Wildman–Crippen LogP) is 3.25. The topological polar surface area (TPSA) is 57.7 Å². The fourth-order valence-corrected chi connectivity index (χ4v) is 5.46. The Morgan fingerprint density at radius 2 is 1.55 bits per heavy atom. The quantitative estimate of drug-likeness (QED) is 0.553. The molecule has 1 aromatic rings. The smallest absolute Gasteiger partial charge is 0.286 e. The summed E-state index contributed by atoms with van der Waals surface area (Å²) in [7, 11) is 0. The first kappa shape index (κ1) is 18.7. The molecule has 1 aromatic carbocycles. The van der Waals surface area contributed by atoms with Gasteiger partial charge in [-0.15, -0.1) is 0 Å². The first-order valence-corrected chi connectivity index (χ1v) is 9.74. The van der Waals surface area contributed by atoms with Crippen molar-refractivity contribution in [3.8, 4) is 0 Å². The number of nitrogens with zero attached hydrogens (tertiary/aromatic N) is 2. The van der Waals surface area contributed by atoms with Gasteiger partial charge in [0.05, 0.1) is 11.8 Å². The molecule has 6 atom stereocenters. The van der Waals surface area contributed by atoms with E-state index < -0.39 is 42.4 Å². The molecule has 4 aliphatic carbocycles. The fourth-order valence-electron chi connectivity index (χ4n) is 5.34. The lowest BCUT2D eigenvalue weighted by molar-refractivity contribution is -0.171. The van der Waals surface area contributed by atoms with Crippen molar-refractivity contribution in [1.82, 2.24) is 4.90 Å². The van der Waals surface area contributed by atoms with E-state index in [-0.39, 0.29) is 22.5 Å². The van der Waals surface area contributed by atoms with Crippen molar-refractivity contribution in [2.45, 2.75) is 12.6 Å². The number of benzene rings is 1. The molecule has 1 heterocycles. The Kier molecular flexibility index (Phi) is 3.91. The molecule has 1 saturated heterocycles. The summed E-state index contributed by atoms with van der Waals surface area (Å²) in [5.41, 5.74) is -0.0869. The summed E-state index contributed by atoms with van der Waals surface area (Å²) in [5, 5.41) is 0.286. The Bertz CT molecular complexity index is 909. The summed E-state index contributed by atoms with van der Waals surface area (Å²) in [6.45, 7) is -0.764. The summed E-state index contributed by atoms with van der Waals surface area (Å²) >= 11 is 5.79. The van der Waals surface area contributed by atoms with Crippen LogP contribution in [0.5, 0.6) is 0 Å². The number of carbonyl (C=O) groups is 3.